The topological polar surface area (TPSA) is 38.2 Å². The lowest BCUT2D eigenvalue weighted by molar-refractivity contribution is 0.395. The van der Waals surface area contributed by atoms with Crippen LogP contribution < -0.4 is 9.64 Å². The SMILES string of the molecule is COc1ccnc(N2CCC2)n1. The Morgan fingerprint density at radius 3 is 2.92 bits per heavy atom. The molecule has 0 aliphatic carbocycles. The maximum atomic E-state index is 5.00. The van der Waals surface area contributed by atoms with Gasteiger partial charge in [0.1, 0.15) is 0 Å². The Hall–Kier alpha value is -1.32. The van der Waals surface area contributed by atoms with Gasteiger partial charge >= 0.3 is 0 Å². The highest BCUT2D eigenvalue weighted by atomic mass is 16.5. The van der Waals surface area contributed by atoms with Gasteiger partial charge in [0, 0.05) is 25.4 Å². The summed E-state index contributed by atoms with van der Waals surface area (Å²) < 4.78 is 5.00. The molecule has 1 fully saturated rings. The van der Waals surface area contributed by atoms with Gasteiger partial charge in [-0.2, -0.15) is 4.98 Å². The standard InChI is InChI=1S/C8H11N3O/c1-12-7-3-4-9-8(10-7)11-5-2-6-11/h3-4H,2,5-6H2,1H3. The molecule has 1 aromatic rings. The van der Waals surface area contributed by atoms with Crippen LogP contribution in [0.25, 0.3) is 0 Å². The fourth-order valence-electron chi connectivity index (χ4n) is 1.11. The van der Waals surface area contributed by atoms with Crippen molar-refractivity contribution in [2.75, 3.05) is 25.1 Å². The Morgan fingerprint density at radius 2 is 2.33 bits per heavy atom. The highest BCUT2D eigenvalue weighted by Crippen LogP contribution is 2.17. The predicted molar refractivity (Wildman–Crippen MR) is 45.4 cm³/mol. The third-order valence-electron chi connectivity index (χ3n) is 1.97. The molecule has 1 saturated heterocycles. The molecular formula is C8H11N3O. The summed E-state index contributed by atoms with van der Waals surface area (Å²) in [6, 6.07) is 1.75. The summed E-state index contributed by atoms with van der Waals surface area (Å²) in [6.07, 6.45) is 2.96. The Labute approximate surface area is 71.2 Å². The second-order valence-corrected chi connectivity index (χ2v) is 2.74. The quantitative estimate of drug-likeness (QED) is 0.646. The summed E-state index contributed by atoms with van der Waals surface area (Å²) in [5.74, 6) is 1.41. The highest BCUT2D eigenvalue weighted by molar-refractivity contribution is 5.34. The Kier molecular flexibility index (Phi) is 1.81. The highest BCUT2D eigenvalue weighted by Gasteiger charge is 2.16. The molecule has 0 radical (unpaired) electrons. The lowest BCUT2D eigenvalue weighted by atomic mass is 10.2. The van der Waals surface area contributed by atoms with Crippen LogP contribution in [0.15, 0.2) is 12.3 Å². The first-order valence-corrected chi connectivity index (χ1v) is 4.02. The first-order chi connectivity index (χ1) is 5.90. The van der Waals surface area contributed by atoms with E-state index in [0.717, 1.165) is 19.0 Å². The van der Waals surface area contributed by atoms with E-state index >= 15 is 0 Å². The van der Waals surface area contributed by atoms with Crippen LogP contribution in [0, 0.1) is 0 Å². The number of methoxy groups -OCH3 is 1. The van der Waals surface area contributed by atoms with Crippen LogP contribution in [0.3, 0.4) is 0 Å². The van der Waals surface area contributed by atoms with Gasteiger partial charge in [0.2, 0.25) is 11.8 Å². The second-order valence-electron chi connectivity index (χ2n) is 2.74. The van der Waals surface area contributed by atoms with Crippen molar-refractivity contribution in [1.82, 2.24) is 9.97 Å². The number of hydrogen-bond donors (Lipinski definition) is 0. The first-order valence-electron chi connectivity index (χ1n) is 4.02. The van der Waals surface area contributed by atoms with Crippen LogP contribution in [0.5, 0.6) is 5.88 Å². The zero-order valence-electron chi connectivity index (χ0n) is 7.03. The van der Waals surface area contributed by atoms with E-state index in [1.54, 1.807) is 19.4 Å². The van der Waals surface area contributed by atoms with Crippen molar-refractivity contribution in [3.63, 3.8) is 0 Å². The zero-order chi connectivity index (χ0) is 8.39. The normalized spacial score (nSPS) is 15.6. The molecule has 64 valence electrons. The van der Waals surface area contributed by atoms with E-state index in [1.807, 2.05) is 0 Å². The van der Waals surface area contributed by atoms with E-state index in [1.165, 1.54) is 6.42 Å². The third-order valence-corrected chi connectivity index (χ3v) is 1.97. The van der Waals surface area contributed by atoms with Gasteiger partial charge in [0.25, 0.3) is 0 Å². The summed E-state index contributed by atoms with van der Waals surface area (Å²) >= 11 is 0. The van der Waals surface area contributed by atoms with E-state index in [4.69, 9.17) is 4.74 Å². The Bertz CT molecular complexity index is 273. The molecule has 2 heterocycles. The molecule has 0 saturated carbocycles. The first kappa shape index (κ1) is 7.34. The van der Waals surface area contributed by atoms with Gasteiger partial charge in [0.15, 0.2) is 0 Å². The molecule has 0 N–H and O–H groups in total. The molecule has 0 aromatic carbocycles. The van der Waals surface area contributed by atoms with Gasteiger partial charge in [-0.25, -0.2) is 4.98 Å². The van der Waals surface area contributed by atoms with Gasteiger partial charge < -0.3 is 9.64 Å². The minimum Gasteiger partial charge on any atom is -0.481 e. The Balaban J connectivity index is 2.19. The largest absolute Gasteiger partial charge is 0.481 e. The number of anilines is 1. The van der Waals surface area contributed by atoms with Crippen LogP contribution >= 0.6 is 0 Å². The van der Waals surface area contributed by atoms with Crippen LogP contribution in [-0.2, 0) is 0 Å². The zero-order valence-corrected chi connectivity index (χ0v) is 7.03. The molecule has 1 aromatic heterocycles. The molecule has 4 heteroatoms. The van der Waals surface area contributed by atoms with Crippen LogP contribution in [0.2, 0.25) is 0 Å². The van der Waals surface area contributed by atoms with Gasteiger partial charge in [-0.1, -0.05) is 0 Å². The van der Waals surface area contributed by atoms with Crippen molar-refractivity contribution in [3.8, 4) is 5.88 Å². The molecule has 12 heavy (non-hydrogen) atoms. The van der Waals surface area contributed by atoms with Crippen LogP contribution in [-0.4, -0.2) is 30.2 Å². The molecule has 2 rings (SSSR count). The minimum atomic E-state index is 0.631. The lowest BCUT2D eigenvalue weighted by Crippen LogP contribution is -2.38. The number of aromatic nitrogens is 2. The van der Waals surface area contributed by atoms with E-state index in [9.17, 15) is 0 Å². The van der Waals surface area contributed by atoms with Gasteiger partial charge in [-0.05, 0) is 6.42 Å². The molecule has 1 aliphatic heterocycles. The Morgan fingerprint density at radius 1 is 1.50 bits per heavy atom. The molecule has 0 amide bonds. The third kappa shape index (κ3) is 1.20. The van der Waals surface area contributed by atoms with Crippen molar-refractivity contribution in [1.29, 1.82) is 0 Å². The predicted octanol–water partition coefficient (Wildman–Crippen LogP) is 0.695. The second kappa shape index (κ2) is 2.97. The van der Waals surface area contributed by atoms with Gasteiger partial charge in [-0.3, -0.25) is 0 Å². The molecule has 0 atom stereocenters. The molecule has 0 bridgehead atoms. The summed E-state index contributed by atoms with van der Waals surface area (Å²) in [4.78, 5) is 10.5. The fourth-order valence-corrected chi connectivity index (χ4v) is 1.11. The number of rotatable bonds is 2. The van der Waals surface area contributed by atoms with E-state index in [0.29, 0.717) is 5.88 Å². The minimum absolute atomic E-state index is 0.631. The summed E-state index contributed by atoms with van der Waals surface area (Å²) in [6.45, 7) is 2.13. The number of hydrogen-bond acceptors (Lipinski definition) is 4. The molecule has 1 aliphatic rings. The molecule has 4 nitrogen and oxygen atoms in total. The maximum absolute atomic E-state index is 5.00. The van der Waals surface area contributed by atoms with Crippen molar-refractivity contribution in [3.05, 3.63) is 12.3 Å². The van der Waals surface area contributed by atoms with Gasteiger partial charge in [0.05, 0.1) is 7.11 Å². The van der Waals surface area contributed by atoms with Crippen LogP contribution in [0.1, 0.15) is 6.42 Å². The molecule has 0 unspecified atom stereocenters. The van der Waals surface area contributed by atoms with E-state index in [-0.39, 0.29) is 0 Å². The summed E-state index contributed by atoms with van der Waals surface area (Å²) in [5, 5.41) is 0. The average molecular weight is 165 g/mol. The van der Waals surface area contributed by atoms with Crippen molar-refractivity contribution < 1.29 is 4.74 Å². The molecular weight excluding hydrogens is 154 g/mol. The summed E-state index contributed by atoms with van der Waals surface area (Å²) in [7, 11) is 1.61. The van der Waals surface area contributed by atoms with Crippen molar-refractivity contribution in [2.24, 2.45) is 0 Å². The fraction of sp³-hybridized carbons (Fsp3) is 0.500. The molecule has 0 spiro atoms. The maximum Gasteiger partial charge on any atom is 0.228 e. The van der Waals surface area contributed by atoms with Crippen molar-refractivity contribution in [2.45, 2.75) is 6.42 Å². The van der Waals surface area contributed by atoms with Crippen molar-refractivity contribution >= 4 is 5.95 Å². The number of nitrogens with zero attached hydrogens (tertiary/aromatic N) is 3. The number of ether oxygens (including phenoxy) is 1. The van der Waals surface area contributed by atoms with Gasteiger partial charge in [-0.15, -0.1) is 0 Å². The smallest absolute Gasteiger partial charge is 0.228 e. The van der Waals surface area contributed by atoms with E-state index < -0.39 is 0 Å². The monoisotopic (exact) mass is 165 g/mol. The average Bonchev–Trinajstić information content (AvgIpc) is 2.02. The van der Waals surface area contributed by atoms with E-state index in [2.05, 4.69) is 14.9 Å². The van der Waals surface area contributed by atoms with Crippen LogP contribution in [0.4, 0.5) is 5.95 Å². The summed E-state index contributed by atoms with van der Waals surface area (Å²) in [5.41, 5.74) is 0. The lowest BCUT2D eigenvalue weighted by Gasteiger charge is -2.30.